The van der Waals surface area contributed by atoms with Crippen LogP contribution in [0.2, 0.25) is 0 Å². The highest BCUT2D eigenvalue weighted by Gasteiger charge is 2.28. The number of esters is 1. The van der Waals surface area contributed by atoms with Crippen LogP contribution in [0, 0.1) is 6.92 Å². The van der Waals surface area contributed by atoms with Gasteiger partial charge in [-0.1, -0.05) is 50.1 Å². The van der Waals surface area contributed by atoms with Crippen LogP contribution in [0.5, 0.6) is 11.5 Å². The van der Waals surface area contributed by atoms with E-state index in [2.05, 4.69) is 44.1 Å². The molecule has 0 aliphatic heterocycles. The Kier molecular flexibility index (Phi) is 9.84. The quantitative estimate of drug-likeness (QED) is 0.306. The maximum Gasteiger partial charge on any atom is 0.328 e. The Morgan fingerprint density at radius 3 is 2.42 bits per heavy atom. The molecule has 1 atom stereocenters. The summed E-state index contributed by atoms with van der Waals surface area (Å²) in [6.45, 7) is 4.31. The van der Waals surface area contributed by atoms with Gasteiger partial charge >= 0.3 is 5.97 Å². The van der Waals surface area contributed by atoms with Gasteiger partial charge in [0.05, 0.1) is 23.8 Å². The second-order valence-corrected chi connectivity index (χ2v) is 8.69. The predicted octanol–water partition coefficient (Wildman–Crippen LogP) is 5.31. The highest BCUT2D eigenvalue weighted by Crippen LogP contribution is 2.45. The second kappa shape index (κ2) is 12.1. The molecule has 0 saturated heterocycles. The van der Waals surface area contributed by atoms with E-state index in [1.807, 2.05) is 30.3 Å². The number of methoxy groups -OCH3 is 1. The maximum absolute atomic E-state index is 13.1. The van der Waals surface area contributed by atoms with Gasteiger partial charge in [0.15, 0.2) is 5.75 Å². The van der Waals surface area contributed by atoms with Crippen molar-refractivity contribution in [1.82, 2.24) is 5.32 Å². The molecular formula is C23H27Br2NO5. The molecule has 0 radical (unpaired) electrons. The lowest BCUT2D eigenvalue weighted by Gasteiger charge is -2.20. The van der Waals surface area contributed by atoms with Gasteiger partial charge in [0.1, 0.15) is 16.3 Å². The van der Waals surface area contributed by atoms with Crippen LogP contribution in [0.3, 0.4) is 0 Å². The van der Waals surface area contributed by atoms with Crippen LogP contribution in [0.1, 0.15) is 47.7 Å². The van der Waals surface area contributed by atoms with Crippen LogP contribution in [0.25, 0.3) is 0 Å². The lowest BCUT2D eigenvalue weighted by atomic mass is 10.0. The van der Waals surface area contributed by atoms with Crippen molar-refractivity contribution in [2.24, 2.45) is 0 Å². The second-order valence-electron chi connectivity index (χ2n) is 7.10. The van der Waals surface area contributed by atoms with E-state index in [0.29, 0.717) is 22.4 Å². The lowest BCUT2D eigenvalue weighted by molar-refractivity contribution is -0.142. The molecule has 0 aliphatic carbocycles. The van der Waals surface area contributed by atoms with Gasteiger partial charge in [-0.2, -0.15) is 0 Å². The summed E-state index contributed by atoms with van der Waals surface area (Å²) >= 11 is 6.82. The zero-order valence-corrected chi connectivity index (χ0v) is 21.0. The number of phenols is 1. The summed E-state index contributed by atoms with van der Waals surface area (Å²) in [5.74, 6) is -0.952. The first-order valence-electron chi connectivity index (χ1n) is 10.1. The van der Waals surface area contributed by atoms with Crippen LogP contribution in [-0.4, -0.2) is 36.7 Å². The number of nitrogens with one attached hydrogen (secondary N) is 1. The molecule has 168 valence electrons. The summed E-state index contributed by atoms with van der Waals surface area (Å²) < 4.78 is 11.5. The van der Waals surface area contributed by atoms with Gasteiger partial charge in [0.2, 0.25) is 0 Å². The minimum atomic E-state index is -0.902. The van der Waals surface area contributed by atoms with Crippen LogP contribution >= 0.6 is 31.9 Å². The van der Waals surface area contributed by atoms with Crippen molar-refractivity contribution in [3.8, 4) is 11.5 Å². The molecule has 0 spiro atoms. The lowest BCUT2D eigenvalue weighted by Crippen LogP contribution is -2.43. The van der Waals surface area contributed by atoms with E-state index >= 15 is 0 Å². The van der Waals surface area contributed by atoms with Crippen molar-refractivity contribution in [3.63, 3.8) is 0 Å². The number of rotatable bonds is 10. The Labute approximate surface area is 199 Å². The number of hydrogen-bond donors (Lipinski definition) is 2. The van der Waals surface area contributed by atoms with Crippen molar-refractivity contribution in [1.29, 1.82) is 0 Å². The summed E-state index contributed by atoms with van der Waals surface area (Å²) in [4.78, 5) is 25.3. The van der Waals surface area contributed by atoms with E-state index in [-0.39, 0.29) is 22.2 Å². The van der Waals surface area contributed by atoms with Crippen molar-refractivity contribution in [2.75, 3.05) is 13.7 Å². The number of halogens is 2. The molecule has 0 fully saturated rings. The normalized spacial score (nSPS) is 11.6. The van der Waals surface area contributed by atoms with Crippen LogP contribution in [0.15, 0.2) is 39.3 Å². The molecule has 2 aromatic carbocycles. The zero-order chi connectivity index (χ0) is 23.0. The fraction of sp³-hybridized carbons (Fsp3) is 0.391. The number of aromatic hydroxyl groups is 1. The molecule has 1 amide bonds. The van der Waals surface area contributed by atoms with E-state index in [0.717, 1.165) is 24.8 Å². The van der Waals surface area contributed by atoms with Crippen molar-refractivity contribution >= 4 is 43.7 Å². The molecule has 2 N–H and O–H groups in total. The third-order valence-corrected chi connectivity index (χ3v) is 6.53. The van der Waals surface area contributed by atoms with E-state index < -0.39 is 17.9 Å². The Hall–Kier alpha value is -2.06. The van der Waals surface area contributed by atoms with Gasteiger partial charge in [-0.15, -0.1) is 0 Å². The van der Waals surface area contributed by atoms with Crippen LogP contribution in [-0.2, 0) is 16.0 Å². The molecular weight excluding hydrogens is 530 g/mol. The van der Waals surface area contributed by atoms with Crippen LogP contribution in [0.4, 0.5) is 0 Å². The van der Waals surface area contributed by atoms with E-state index in [1.165, 1.54) is 7.11 Å². The van der Waals surface area contributed by atoms with E-state index in [4.69, 9.17) is 9.47 Å². The number of carbonyl (C=O) groups is 2. The first-order valence-corrected chi connectivity index (χ1v) is 11.7. The predicted molar refractivity (Wildman–Crippen MR) is 127 cm³/mol. The summed E-state index contributed by atoms with van der Waals surface area (Å²) in [5.41, 5.74) is 1.44. The summed E-state index contributed by atoms with van der Waals surface area (Å²) in [6.07, 6.45) is 3.26. The van der Waals surface area contributed by atoms with Gasteiger partial charge in [0, 0.05) is 6.42 Å². The molecule has 0 bridgehead atoms. The molecule has 8 heteroatoms. The average Bonchev–Trinajstić information content (AvgIpc) is 2.77. The SMILES string of the molecule is CCCCCOc1c(Br)c(C)c(C(=O)N[C@@H](Cc2ccccc2)C(=O)OC)c(O)c1Br. The van der Waals surface area contributed by atoms with Crippen LogP contribution < -0.4 is 10.1 Å². The van der Waals surface area contributed by atoms with Gasteiger partial charge in [-0.25, -0.2) is 4.79 Å². The maximum atomic E-state index is 13.1. The molecule has 6 nitrogen and oxygen atoms in total. The molecule has 0 saturated carbocycles. The Morgan fingerprint density at radius 2 is 1.81 bits per heavy atom. The molecule has 2 rings (SSSR count). The third-order valence-electron chi connectivity index (χ3n) is 4.84. The van der Waals surface area contributed by atoms with Gasteiger partial charge in [-0.05, 0) is 56.3 Å². The number of amides is 1. The summed E-state index contributed by atoms with van der Waals surface area (Å²) in [5, 5.41) is 13.4. The fourth-order valence-corrected chi connectivity index (χ4v) is 4.41. The Balaban J connectivity index is 2.29. The van der Waals surface area contributed by atoms with Crippen molar-refractivity contribution < 1.29 is 24.2 Å². The van der Waals surface area contributed by atoms with Gasteiger partial charge in [-0.3, -0.25) is 4.79 Å². The first kappa shape index (κ1) is 25.2. The average molecular weight is 557 g/mol. The fourth-order valence-electron chi connectivity index (χ4n) is 3.12. The topological polar surface area (TPSA) is 84.9 Å². The summed E-state index contributed by atoms with van der Waals surface area (Å²) in [6, 6.07) is 8.41. The molecule has 0 aromatic heterocycles. The highest BCUT2D eigenvalue weighted by atomic mass is 79.9. The molecule has 0 aliphatic rings. The van der Waals surface area contributed by atoms with Crippen molar-refractivity contribution in [3.05, 3.63) is 56.0 Å². The van der Waals surface area contributed by atoms with Gasteiger partial charge < -0.3 is 19.9 Å². The molecule has 0 heterocycles. The number of hydrogen-bond acceptors (Lipinski definition) is 5. The monoisotopic (exact) mass is 555 g/mol. The first-order chi connectivity index (χ1) is 14.8. The highest BCUT2D eigenvalue weighted by molar-refractivity contribution is 9.11. The molecule has 0 unspecified atom stereocenters. The van der Waals surface area contributed by atoms with Crippen molar-refractivity contribution in [2.45, 2.75) is 45.6 Å². The standard InChI is InChI=1S/C23H27Br2NO5/c1-4-5-9-12-31-21-18(24)14(2)17(20(27)19(21)25)22(28)26-16(23(29)30-3)13-15-10-7-6-8-11-15/h6-8,10-11,16,27H,4-5,9,12-13H2,1-3H3,(H,26,28)/t16-/m0/s1. The summed E-state index contributed by atoms with van der Waals surface area (Å²) in [7, 11) is 1.27. The number of ether oxygens (including phenoxy) is 2. The number of phenolic OH excluding ortho intramolecular Hbond substituents is 1. The Bertz CT molecular complexity index is 889. The molecule has 2 aromatic rings. The largest absolute Gasteiger partial charge is 0.506 e. The minimum Gasteiger partial charge on any atom is -0.506 e. The number of benzene rings is 2. The number of unbranched alkanes of at least 4 members (excludes halogenated alkanes) is 2. The Morgan fingerprint density at radius 1 is 1.13 bits per heavy atom. The smallest absolute Gasteiger partial charge is 0.328 e. The molecule has 31 heavy (non-hydrogen) atoms. The third kappa shape index (κ3) is 6.46. The number of carbonyl (C=O) groups excluding carboxylic acids is 2. The van der Waals surface area contributed by atoms with Gasteiger partial charge in [0.25, 0.3) is 5.91 Å². The van der Waals surface area contributed by atoms with E-state index in [9.17, 15) is 14.7 Å². The zero-order valence-electron chi connectivity index (χ0n) is 17.8. The van der Waals surface area contributed by atoms with E-state index in [1.54, 1.807) is 6.92 Å². The minimum absolute atomic E-state index is 0.0571.